The topological polar surface area (TPSA) is 89.6 Å². The van der Waals surface area contributed by atoms with Crippen LogP contribution >= 0.6 is 0 Å². The van der Waals surface area contributed by atoms with E-state index in [2.05, 4.69) is 30.6 Å². The van der Waals surface area contributed by atoms with Crippen molar-refractivity contribution >= 4 is 22.5 Å². The summed E-state index contributed by atoms with van der Waals surface area (Å²) in [7, 11) is 1.80. The van der Waals surface area contributed by atoms with E-state index < -0.39 is 11.9 Å². The summed E-state index contributed by atoms with van der Waals surface area (Å²) in [6.45, 7) is 2.71. The molecular weight excluding hydrogens is 483 g/mol. The number of aryl methyl sites for hydroxylation is 1. The first-order valence-corrected chi connectivity index (χ1v) is 11.6. The van der Waals surface area contributed by atoms with Gasteiger partial charge >= 0.3 is 6.18 Å². The number of aromatic nitrogens is 7. The van der Waals surface area contributed by atoms with Crippen LogP contribution in [0.4, 0.5) is 24.7 Å². The Balaban J connectivity index is 1.36. The zero-order chi connectivity index (χ0) is 25.7. The molecule has 37 heavy (non-hydrogen) atoms. The number of hydrogen-bond acceptors (Lipinski definition) is 7. The van der Waals surface area contributed by atoms with E-state index in [0.717, 1.165) is 22.4 Å². The highest BCUT2D eigenvalue weighted by Gasteiger charge is 2.40. The molecule has 0 amide bonds. The van der Waals surface area contributed by atoms with E-state index in [1.54, 1.807) is 36.1 Å². The molecule has 0 aliphatic carbocycles. The van der Waals surface area contributed by atoms with Gasteiger partial charge in [0.25, 0.3) is 0 Å². The first kappa shape index (κ1) is 23.1. The van der Waals surface area contributed by atoms with Crippen LogP contribution in [-0.4, -0.2) is 53.0 Å². The van der Waals surface area contributed by atoms with Gasteiger partial charge in [0.1, 0.15) is 12.1 Å². The fourth-order valence-electron chi connectivity index (χ4n) is 4.52. The number of imidazole rings is 1. The van der Waals surface area contributed by atoms with E-state index in [1.165, 1.54) is 4.68 Å². The summed E-state index contributed by atoms with van der Waals surface area (Å²) >= 11 is 0. The summed E-state index contributed by atoms with van der Waals surface area (Å²) in [6.07, 6.45) is -2.45. The number of halogens is 3. The van der Waals surface area contributed by atoms with Gasteiger partial charge in [0.2, 0.25) is 0 Å². The van der Waals surface area contributed by atoms with Crippen LogP contribution in [-0.2, 0) is 19.1 Å². The number of alkyl halides is 3. The summed E-state index contributed by atoms with van der Waals surface area (Å²) < 4.78 is 44.4. The third kappa shape index (κ3) is 4.29. The molecular formula is C25H22F3N9. The summed E-state index contributed by atoms with van der Waals surface area (Å²) in [4.78, 5) is 11.0. The highest BCUT2D eigenvalue weighted by atomic mass is 19.4. The minimum Gasteiger partial charge on any atom is -0.339 e. The Labute approximate surface area is 209 Å². The third-order valence-electron chi connectivity index (χ3n) is 6.32. The molecule has 0 bridgehead atoms. The number of likely N-dealkylation sites (N-methyl/N-ethyl adjacent to an activating group) is 1. The summed E-state index contributed by atoms with van der Waals surface area (Å²) in [5.41, 5.74) is 3.03. The maximum absolute atomic E-state index is 13.8. The molecule has 0 spiro atoms. The van der Waals surface area contributed by atoms with Crippen molar-refractivity contribution in [3.05, 3.63) is 77.5 Å². The van der Waals surface area contributed by atoms with Gasteiger partial charge in [-0.25, -0.2) is 14.6 Å². The first-order valence-electron chi connectivity index (χ1n) is 11.6. The normalized spacial score (nSPS) is 14.2. The number of anilines is 2. The van der Waals surface area contributed by atoms with Gasteiger partial charge in [-0.05, 0) is 56.4 Å². The van der Waals surface area contributed by atoms with E-state index in [-0.39, 0.29) is 12.1 Å². The van der Waals surface area contributed by atoms with E-state index in [0.29, 0.717) is 36.1 Å². The average Bonchev–Trinajstić information content (AvgIpc) is 3.47. The van der Waals surface area contributed by atoms with E-state index in [9.17, 15) is 13.2 Å². The second-order valence-corrected chi connectivity index (χ2v) is 9.03. The van der Waals surface area contributed by atoms with E-state index >= 15 is 0 Å². The molecule has 12 heteroatoms. The zero-order valence-electron chi connectivity index (χ0n) is 20.0. The second kappa shape index (κ2) is 8.66. The lowest BCUT2D eigenvalue weighted by molar-refractivity contribution is -0.142. The molecule has 6 rings (SSSR count). The van der Waals surface area contributed by atoms with Crippen LogP contribution in [0.3, 0.4) is 0 Å². The smallest absolute Gasteiger partial charge is 0.339 e. The molecule has 1 aliphatic heterocycles. The molecule has 188 valence electrons. The quantitative estimate of drug-likeness (QED) is 0.386. The van der Waals surface area contributed by atoms with Gasteiger partial charge in [-0.2, -0.15) is 23.4 Å². The highest BCUT2D eigenvalue weighted by molar-refractivity contribution is 5.81. The van der Waals surface area contributed by atoms with E-state index in [1.807, 2.05) is 42.2 Å². The lowest BCUT2D eigenvalue weighted by Gasteiger charge is -2.23. The minimum absolute atomic E-state index is 0.195. The first-order chi connectivity index (χ1) is 17.8. The molecule has 1 aromatic carbocycles. The van der Waals surface area contributed by atoms with Crippen molar-refractivity contribution in [2.24, 2.45) is 0 Å². The fourth-order valence-corrected chi connectivity index (χ4v) is 4.52. The van der Waals surface area contributed by atoms with Crippen molar-refractivity contribution in [3.63, 3.8) is 0 Å². The van der Waals surface area contributed by atoms with Gasteiger partial charge < -0.3 is 10.2 Å². The van der Waals surface area contributed by atoms with Gasteiger partial charge in [0, 0.05) is 30.8 Å². The number of hydrogen-bond donors (Lipinski definition) is 1. The minimum atomic E-state index is -4.54. The fraction of sp³-hybridized carbons (Fsp3) is 0.240. The Morgan fingerprint density at radius 2 is 1.84 bits per heavy atom. The van der Waals surface area contributed by atoms with Gasteiger partial charge in [0.05, 0.1) is 22.4 Å². The largest absolute Gasteiger partial charge is 0.435 e. The molecule has 9 nitrogen and oxygen atoms in total. The Morgan fingerprint density at radius 1 is 1.00 bits per heavy atom. The summed E-state index contributed by atoms with van der Waals surface area (Å²) in [5, 5.41) is 15.3. The number of pyridine rings is 1. The van der Waals surface area contributed by atoms with Crippen LogP contribution in [0.1, 0.15) is 22.6 Å². The van der Waals surface area contributed by atoms with Crippen LogP contribution in [0, 0.1) is 6.92 Å². The molecule has 5 heterocycles. The van der Waals surface area contributed by atoms with E-state index in [4.69, 9.17) is 0 Å². The lowest BCUT2D eigenvalue weighted by Crippen LogP contribution is -2.28. The van der Waals surface area contributed by atoms with Crippen LogP contribution in [0.2, 0.25) is 0 Å². The van der Waals surface area contributed by atoms with Crippen molar-refractivity contribution < 1.29 is 13.2 Å². The molecule has 5 aromatic rings. The number of nitrogens with zero attached hydrogens (tertiary/aromatic N) is 8. The van der Waals surface area contributed by atoms with Crippen LogP contribution in [0.25, 0.3) is 22.7 Å². The zero-order valence-corrected chi connectivity index (χ0v) is 20.0. The standard InChI is InChI=1S/C25H22F3N9/c1-15-6-9-21(33-32-15)30-16-7-8-20-18(12-16)29-14-36(20)22-4-3-5-23(31-22)37-19-10-11-35(2)13-17(19)24(34-37)25(26,27)28/h3-9,12,14H,10-11,13H2,1-2H3,(H,30,33). The Hall–Kier alpha value is -4.32. The molecule has 0 unspecified atom stereocenters. The molecule has 0 radical (unpaired) electrons. The summed E-state index contributed by atoms with van der Waals surface area (Å²) in [5.74, 6) is 1.47. The second-order valence-electron chi connectivity index (χ2n) is 9.03. The van der Waals surface area contributed by atoms with Crippen molar-refractivity contribution in [2.45, 2.75) is 26.1 Å². The van der Waals surface area contributed by atoms with Gasteiger partial charge in [0.15, 0.2) is 17.3 Å². The van der Waals surface area contributed by atoms with Gasteiger partial charge in [-0.1, -0.05) is 6.07 Å². The number of fused-ring (bicyclic) bond motifs is 2. The summed E-state index contributed by atoms with van der Waals surface area (Å²) in [6, 6.07) is 14.6. The highest BCUT2D eigenvalue weighted by Crippen LogP contribution is 2.36. The van der Waals surface area contributed by atoms with Crippen molar-refractivity contribution in [1.82, 2.24) is 39.4 Å². The van der Waals surface area contributed by atoms with Crippen molar-refractivity contribution in [3.8, 4) is 11.6 Å². The Bertz CT molecular complexity index is 1600. The maximum atomic E-state index is 13.8. The SMILES string of the molecule is Cc1ccc(Nc2ccc3c(c2)ncn3-c2cccc(-n3nc(C(F)(F)F)c4c3CCN(C)C4)n2)nn1. The predicted molar refractivity (Wildman–Crippen MR) is 131 cm³/mol. The Kier molecular flexibility index (Phi) is 5.41. The number of rotatable bonds is 4. The van der Waals surface area contributed by atoms with Crippen LogP contribution in [0.5, 0.6) is 0 Å². The third-order valence-corrected chi connectivity index (χ3v) is 6.32. The lowest BCUT2D eigenvalue weighted by atomic mass is 10.1. The van der Waals surface area contributed by atoms with Crippen LogP contribution < -0.4 is 5.32 Å². The predicted octanol–water partition coefficient (Wildman–Crippen LogP) is 4.45. The van der Waals surface area contributed by atoms with Crippen molar-refractivity contribution in [2.75, 3.05) is 18.9 Å². The number of nitrogens with one attached hydrogen (secondary N) is 1. The maximum Gasteiger partial charge on any atom is 0.435 e. The molecule has 0 saturated heterocycles. The molecule has 0 fully saturated rings. The molecule has 1 aliphatic rings. The van der Waals surface area contributed by atoms with Crippen LogP contribution in [0.15, 0.2) is 54.9 Å². The van der Waals surface area contributed by atoms with Gasteiger partial charge in [-0.15, -0.1) is 5.10 Å². The molecule has 0 atom stereocenters. The van der Waals surface area contributed by atoms with Gasteiger partial charge in [-0.3, -0.25) is 4.57 Å². The number of benzene rings is 1. The molecule has 0 saturated carbocycles. The average molecular weight is 506 g/mol. The molecule has 1 N–H and O–H groups in total. The monoisotopic (exact) mass is 505 g/mol. The molecule has 4 aromatic heterocycles. The Morgan fingerprint density at radius 3 is 2.62 bits per heavy atom. The van der Waals surface area contributed by atoms with Crippen molar-refractivity contribution in [1.29, 1.82) is 0 Å².